The Morgan fingerprint density at radius 1 is 1.22 bits per heavy atom. The number of anilines is 1. The summed E-state index contributed by atoms with van der Waals surface area (Å²) in [7, 11) is 1.85. The maximum Gasteiger partial charge on any atom is 0.254 e. The minimum atomic E-state index is -0.526. The topological polar surface area (TPSA) is 92.1 Å². The zero-order chi connectivity index (χ0) is 22.5. The molecule has 2 saturated carbocycles. The van der Waals surface area contributed by atoms with Crippen molar-refractivity contribution in [1.29, 1.82) is 0 Å². The highest BCUT2D eigenvalue weighted by Gasteiger charge is 2.42. The van der Waals surface area contributed by atoms with Crippen molar-refractivity contribution in [1.82, 2.24) is 20.1 Å². The van der Waals surface area contributed by atoms with Crippen LogP contribution in [0.5, 0.6) is 0 Å². The number of carbonyl (C=O) groups is 1. The van der Waals surface area contributed by atoms with Crippen molar-refractivity contribution in [3.05, 3.63) is 53.7 Å². The van der Waals surface area contributed by atoms with E-state index in [4.69, 9.17) is 0 Å². The Hall–Kier alpha value is -3.26. The molecule has 8 heteroatoms. The second-order valence-electron chi connectivity index (χ2n) is 8.98. The largest absolute Gasteiger partial charge is 0.394 e. The number of amides is 1. The molecule has 32 heavy (non-hydrogen) atoms. The Morgan fingerprint density at radius 3 is 2.62 bits per heavy atom. The summed E-state index contributed by atoms with van der Waals surface area (Å²) in [5, 5.41) is 20.3. The van der Waals surface area contributed by atoms with Gasteiger partial charge in [-0.15, -0.1) is 0 Å². The molecule has 2 aromatic heterocycles. The lowest BCUT2D eigenvalue weighted by Gasteiger charge is -2.19. The van der Waals surface area contributed by atoms with Gasteiger partial charge in [0.1, 0.15) is 11.6 Å². The molecule has 3 aromatic rings. The minimum absolute atomic E-state index is 0.0411. The highest BCUT2D eigenvalue weighted by atomic mass is 19.1. The number of aliphatic hydroxyl groups is 1. The lowest BCUT2D eigenvalue weighted by atomic mass is 9.96. The molecule has 1 amide bonds. The van der Waals surface area contributed by atoms with Crippen LogP contribution >= 0.6 is 0 Å². The van der Waals surface area contributed by atoms with E-state index in [0.29, 0.717) is 5.82 Å². The molecular formula is C24H26FN5O2. The first-order valence-electron chi connectivity index (χ1n) is 10.9. The summed E-state index contributed by atoms with van der Waals surface area (Å²) in [6.07, 6.45) is 9.03. The molecule has 2 aliphatic rings. The molecule has 3 N–H and O–H groups in total. The molecule has 0 atom stereocenters. The molecule has 0 radical (unpaired) electrons. The number of nitrogens with zero attached hydrogens (tertiary/aromatic N) is 3. The first-order valence-corrected chi connectivity index (χ1v) is 10.9. The number of hydrogen-bond donors (Lipinski definition) is 3. The second-order valence-corrected chi connectivity index (χ2v) is 8.98. The number of carbonyl (C=O) groups excluding carboxylic acids is 1. The van der Waals surface area contributed by atoms with E-state index in [2.05, 4.69) is 20.7 Å². The van der Waals surface area contributed by atoms with Crippen molar-refractivity contribution >= 4 is 11.7 Å². The second kappa shape index (κ2) is 7.70. The van der Waals surface area contributed by atoms with Crippen molar-refractivity contribution in [3.8, 4) is 22.3 Å². The van der Waals surface area contributed by atoms with Crippen molar-refractivity contribution in [2.75, 3.05) is 11.9 Å². The molecule has 166 valence electrons. The average Bonchev–Trinajstić information content (AvgIpc) is 3.69. The number of hydrogen-bond acceptors (Lipinski definition) is 5. The summed E-state index contributed by atoms with van der Waals surface area (Å²) in [5.41, 5.74) is 3.68. The summed E-state index contributed by atoms with van der Waals surface area (Å²) in [5.74, 6) is -0.245. The smallest absolute Gasteiger partial charge is 0.254 e. The van der Waals surface area contributed by atoms with E-state index >= 15 is 0 Å². The molecule has 5 rings (SSSR count). The number of rotatable bonds is 7. The number of halogens is 1. The van der Waals surface area contributed by atoms with Crippen LogP contribution < -0.4 is 10.6 Å². The van der Waals surface area contributed by atoms with Gasteiger partial charge in [0.15, 0.2) is 0 Å². The maximum atomic E-state index is 14.6. The monoisotopic (exact) mass is 435 g/mol. The van der Waals surface area contributed by atoms with E-state index in [0.717, 1.165) is 53.5 Å². The van der Waals surface area contributed by atoms with Crippen LogP contribution in [0.25, 0.3) is 22.3 Å². The van der Waals surface area contributed by atoms with Crippen molar-refractivity contribution in [2.24, 2.45) is 7.05 Å². The number of aryl methyl sites for hydroxylation is 2. The maximum absolute atomic E-state index is 14.6. The van der Waals surface area contributed by atoms with E-state index in [-0.39, 0.29) is 29.7 Å². The van der Waals surface area contributed by atoms with Crippen LogP contribution in [-0.2, 0) is 7.05 Å². The first kappa shape index (κ1) is 20.6. The van der Waals surface area contributed by atoms with Crippen LogP contribution in [0.3, 0.4) is 0 Å². The van der Waals surface area contributed by atoms with Gasteiger partial charge in [-0.25, -0.2) is 9.37 Å². The molecule has 2 aliphatic carbocycles. The molecule has 0 saturated heterocycles. The average molecular weight is 436 g/mol. The number of nitrogens with one attached hydrogen (secondary N) is 2. The molecule has 0 spiro atoms. The van der Waals surface area contributed by atoms with Gasteiger partial charge in [-0.05, 0) is 61.9 Å². The van der Waals surface area contributed by atoms with Crippen molar-refractivity contribution in [3.63, 3.8) is 0 Å². The van der Waals surface area contributed by atoms with Gasteiger partial charge in [-0.3, -0.25) is 9.48 Å². The minimum Gasteiger partial charge on any atom is -0.394 e. The number of aliphatic hydroxyl groups excluding tert-OH is 1. The highest BCUT2D eigenvalue weighted by Crippen LogP contribution is 2.41. The van der Waals surface area contributed by atoms with Gasteiger partial charge in [0, 0.05) is 42.2 Å². The summed E-state index contributed by atoms with van der Waals surface area (Å²) < 4.78 is 16.3. The standard InChI is InChI=1S/C24H26FN5O2/c1-14-7-21(25)20(23(32)28-17-3-4-17)9-18(14)15-8-19(16-11-27-30(2)12-16)22(26-10-15)29-24(13-31)5-6-24/h7-12,17,31H,3-6,13H2,1-2H3,(H,26,29)(H,28,32). The van der Waals surface area contributed by atoms with Crippen molar-refractivity contribution < 1.29 is 14.3 Å². The Balaban J connectivity index is 1.57. The van der Waals surface area contributed by atoms with Gasteiger partial charge in [0.05, 0.1) is 23.9 Å². The van der Waals surface area contributed by atoms with Crippen LogP contribution in [-0.4, -0.2) is 44.0 Å². The number of pyridine rings is 1. The fraction of sp³-hybridized carbons (Fsp3) is 0.375. The quantitative estimate of drug-likeness (QED) is 0.529. The summed E-state index contributed by atoms with van der Waals surface area (Å²) in [4.78, 5) is 17.2. The third-order valence-corrected chi connectivity index (χ3v) is 6.23. The molecule has 7 nitrogen and oxygen atoms in total. The van der Waals surface area contributed by atoms with Crippen LogP contribution in [0, 0.1) is 12.7 Å². The van der Waals surface area contributed by atoms with Gasteiger partial charge >= 0.3 is 0 Å². The third-order valence-electron chi connectivity index (χ3n) is 6.23. The molecule has 1 aromatic carbocycles. The molecular weight excluding hydrogens is 409 g/mol. The normalized spacial score (nSPS) is 16.6. The molecule has 0 aliphatic heterocycles. The van der Waals surface area contributed by atoms with E-state index < -0.39 is 5.82 Å². The van der Waals surface area contributed by atoms with E-state index in [1.807, 2.05) is 26.2 Å². The third kappa shape index (κ3) is 3.98. The lowest BCUT2D eigenvalue weighted by Crippen LogP contribution is -2.26. The highest BCUT2D eigenvalue weighted by molar-refractivity contribution is 5.96. The van der Waals surface area contributed by atoms with Crippen LogP contribution in [0.15, 0.2) is 36.8 Å². The van der Waals surface area contributed by atoms with Gasteiger partial charge < -0.3 is 15.7 Å². The van der Waals surface area contributed by atoms with E-state index in [9.17, 15) is 14.3 Å². The predicted molar refractivity (Wildman–Crippen MR) is 120 cm³/mol. The molecule has 2 heterocycles. The molecule has 2 fully saturated rings. The summed E-state index contributed by atoms with van der Waals surface area (Å²) >= 11 is 0. The van der Waals surface area contributed by atoms with Crippen LogP contribution in [0.1, 0.15) is 41.6 Å². The Labute approximate surface area is 185 Å². The van der Waals surface area contributed by atoms with Crippen molar-refractivity contribution in [2.45, 2.75) is 44.2 Å². The van der Waals surface area contributed by atoms with Gasteiger partial charge in [-0.1, -0.05) is 0 Å². The fourth-order valence-corrected chi connectivity index (χ4v) is 3.87. The Morgan fingerprint density at radius 2 is 2.00 bits per heavy atom. The predicted octanol–water partition coefficient (Wildman–Crippen LogP) is 3.43. The van der Waals surface area contributed by atoms with Crippen LogP contribution in [0.2, 0.25) is 0 Å². The van der Waals surface area contributed by atoms with Crippen LogP contribution in [0.4, 0.5) is 10.2 Å². The van der Waals surface area contributed by atoms with E-state index in [1.54, 1.807) is 23.1 Å². The first-order chi connectivity index (χ1) is 15.4. The zero-order valence-corrected chi connectivity index (χ0v) is 18.2. The zero-order valence-electron chi connectivity index (χ0n) is 18.2. The Bertz CT molecular complexity index is 1200. The fourth-order valence-electron chi connectivity index (χ4n) is 3.87. The Kier molecular flexibility index (Phi) is 4.97. The molecule has 0 bridgehead atoms. The molecule has 0 unspecified atom stereocenters. The summed E-state index contributed by atoms with van der Waals surface area (Å²) in [6, 6.07) is 5.13. The summed E-state index contributed by atoms with van der Waals surface area (Å²) in [6.45, 7) is 1.86. The van der Waals surface area contributed by atoms with Gasteiger partial charge in [-0.2, -0.15) is 5.10 Å². The number of aromatic nitrogens is 3. The number of benzene rings is 1. The van der Waals surface area contributed by atoms with E-state index in [1.165, 1.54) is 6.07 Å². The van der Waals surface area contributed by atoms with Gasteiger partial charge in [0.25, 0.3) is 5.91 Å². The van der Waals surface area contributed by atoms with Gasteiger partial charge in [0.2, 0.25) is 0 Å². The SMILES string of the molecule is Cc1cc(F)c(C(=O)NC2CC2)cc1-c1cnc(NC2(CO)CC2)c(-c2cnn(C)c2)c1. The lowest BCUT2D eigenvalue weighted by molar-refractivity contribution is 0.0947.